The van der Waals surface area contributed by atoms with Crippen molar-refractivity contribution in [3.05, 3.63) is 36.4 Å². The summed E-state index contributed by atoms with van der Waals surface area (Å²) in [5.74, 6) is 3.45. The van der Waals surface area contributed by atoms with Crippen molar-refractivity contribution in [2.24, 2.45) is 5.92 Å². The monoisotopic (exact) mass is 214 g/mol. The number of hydrogen-bond donors (Lipinski definition) is 0. The summed E-state index contributed by atoms with van der Waals surface area (Å²) < 4.78 is 17.4. The molecule has 0 aromatic heterocycles. The Morgan fingerprint density at radius 2 is 1.86 bits per heavy atom. The zero-order valence-corrected chi connectivity index (χ0v) is 10.0. The minimum atomic E-state index is -2.70. The Bertz CT molecular complexity index is 250. The highest BCUT2D eigenvalue weighted by molar-refractivity contribution is 7.65. The van der Waals surface area contributed by atoms with Crippen molar-refractivity contribution in [1.29, 1.82) is 0 Å². The van der Waals surface area contributed by atoms with Crippen molar-refractivity contribution < 1.29 is 9.09 Å². The number of rotatable bonds is 6. The van der Waals surface area contributed by atoms with Gasteiger partial charge in [0.25, 0.3) is 0 Å². The van der Waals surface area contributed by atoms with Crippen molar-refractivity contribution in [2.45, 2.75) is 20.8 Å². The predicted molar refractivity (Wildman–Crippen MR) is 62.5 cm³/mol. The highest BCUT2D eigenvalue weighted by Crippen LogP contribution is 2.50. The molecule has 0 radical (unpaired) electrons. The Morgan fingerprint density at radius 3 is 2.21 bits per heavy atom. The molecule has 80 valence electrons. The molecule has 1 atom stereocenters. The summed E-state index contributed by atoms with van der Waals surface area (Å²) in [4.78, 5) is 0. The van der Waals surface area contributed by atoms with Gasteiger partial charge in [-0.2, -0.15) is 0 Å². The van der Waals surface area contributed by atoms with Crippen molar-refractivity contribution in [3.8, 4) is 0 Å². The lowest BCUT2D eigenvalue weighted by atomic mass is 10.2. The quantitative estimate of drug-likeness (QED) is 0.490. The third-order valence-electron chi connectivity index (χ3n) is 1.66. The van der Waals surface area contributed by atoms with E-state index in [0.29, 0.717) is 6.61 Å². The molecule has 3 heteroatoms. The minimum Gasteiger partial charge on any atom is -0.322 e. The van der Waals surface area contributed by atoms with Gasteiger partial charge in [0.15, 0.2) is 0 Å². The molecule has 0 rings (SSSR count). The van der Waals surface area contributed by atoms with Crippen LogP contribution in [0.5, 0.6) is 0 Å². The lowest BCUT2D eigenvalue weighted by Gasteiger charge is -2.12. The van der Waals surface area contributed by atoms with E-state index < -0.39 is 7.37 Å². The normalized spacial score (nSPS) is 15.1. The lowest BCUT2D eigenvalue weighted by Crippen LogP contribution is -1.99. The summed E-state index contributed by atoms with van der Waals surface area (Å²) in [6, 6.07) is 0. The average Bonchev–Trinajstić information content (AvgIpc) is 2.15. The Morgan fingerprint density at radius 1 is 1.36 bits per heavy atom. The van der Waals surface area contributed by atoms with Gasteiger partial charge in [-0.25, -0.2) is 0 Å². The summed E-state index contributed by atoms with van der Waals surface area (Å²) in [5.41, 5.74) is 0. The molecular weight excluding hydrogens is 195 g/mol. The van der Waals surface area contributed by atoms with Crippen LogP contribution in [0.15, 0.2) is 36.4 Å². The maximum Gasteiger partial charge on any atom is 0.246 e. The molecule has 0 saturated carbocycles. The van der Waals surface area contributed by atoms with Crippen molar-refractivity contribution in [3.63, 3.8) is 0 Å². The molecule has 0 spiro atoms. The Balaban J connectivity index is 4.38. The van der Waals surface area contributed by atoms with Crippen molar-refractivity contribution in [1.82, 2.24) is 0 Å². The van der Waals surface area contributed by atoms with Gasteiger partial charge in [0.1, 0.15) is 0 Å². The van der Waals surface area contributed by atoms with Crippen LogP contribution in [-0.2, 0) is 9.09 Å². The standard InChI is InChI=1S/C11H19O2P/c1-5-8-14(12,9-6-2)13-10-11(4)7-3/h5-9,11H,3,10H2,1-2,4H3/b8-5+,9-6+. The smallest absolute Gasteiger partial charge is 0.246 e. The molecule has 2 nitrogen and oxygen atoms in total. The van der Waals surface area contributed by atoms with Crippen LogP contribution in [0.3, 0.4) is 0 Å². The number of hydrogen-bond acceptors (Lipinski definition) is 2. The van der Waals surface area contributed by atoms with E-state index in [0.717, 1.165) is 0 Å². The van der Waals surface area contributed by atoms with Crippen LogP contribution >= 0.6 is 7.37 Å². The van der Waals surface area contributed by atoms with E-state index >= 15 is 0 Å². The van der Waals surface area contributed by atoms with E-state index in [2.05, 4.69) is 6.58 Å². The summed E-state index contributed by atoms with van der Waals surface area (Å²) >= 11 is 0. The van der Waals surface area contributed by atoms with Gasteiger partial charge in [-0.1, -0.05) is 25.2 Å². The minimum absolute atomic E-state index is 0.221. The first kappa shape index (κ1) is 13.4. The first-order chi connectivity index (χ1) is 6.58. The van der Waals surface area contributed by atoms with Crippen molar-refractivity contribution >= 4 is 7.37 Å². The molecule has 0 aromatic carbocycles. The highest BCUT2D eigenvalue weighted by atomic mass is 31.2. The van der Waals surface area contributed by atoms with E-state index in [1.807, 2.05) is 20.8 Å². The third-order valence-corrected chi connectivity index (χ3v) is 3.64. The zero-order valence-electron chi connectivity index (χ0n) is 9.14. The van der Waals surface area contributed by atoms with Gasteiger partial charge in [-0.05, 0) is 19.8 Å². The molecule has 14 heavy (non-hydrogen) atoms. The molecule has 0 aliphatic carbocycles. The van der Waals surface area contributed by atoms with Crippen molar-refractivity contribution in [2.75, 3.05) is 6.61 Å². The fourth-order valence-electron chi connectivity index (χ4n) is 0.853. The first-order valence-corrected chi connectivity index (χ1v) is 6.48. The maximum absolute atomic E-state index is 12.0. The SMILES string of the molecule is C=CC(C)COP(=O)(/C=C/C)/C=C/C. The molecule has 0 aliphatic rings. The summed E-state index contributed by atoms with van der Waals surface area (Å²) in [6.07, 6.45) is 5.29. The molecule has 0 N–H and O–H groups in total. The Labute approximate surface area is 86.8 Å². The summed E-state index contributed by atoms with van der Waals surface area (Å²) in [7, 11) is -2.70. The zero-order chi connectivity index (χ0) is 11.0. The first-order valence-electron chi connectivity index (χ1n) is 4.72. The van der Waals surface area contributed by atoms with E-state index in [1.165, 1.54) is 0 Å². The summed E-state index contributed by atoms with van der Waals surface area (Å²) in [5, 5.41) is 0. The topological polar surface area (TPSA) is 26.3 Å². The largest absolute Gasteiger partial charge is 0.322 e. The van der Waals surface area contributed by atoms with E-state index in [9.17, 15) is 4.57 Å². The van der Waals surface area contributed by atoms with Gasteiger partial charge in [-0.3, -0.25) is 4.57 Å². The molecule has 0 fully saturated rings. The van der Waals surface area contributed by atoms with Crippen LogP contribution < -0.4 is 0 Å². The molecule has 0 bridgehead atoms. The average molecular weight is 214 g/mol. The fourth-order valence-corrected chi connectivity index (χ4v) is 2.42. The molecular formula is C11H19O2P. The van der Waals surface area contributed by atoms with E-state index in [-0.39, 0.29) is 5.92 Å². The predicted octanol–water partition coefficient (Wildman–Crippen LogP) is 4.17. The molecule has 1 unspecified atom stereocenters. The molecule has 0 heterocycles. The molecule has 0 amide bonds. The van der Waals surface area contributed by atoms with Crippen LogP contribution in [0.2, 0.25) is 0 Å². The second-order valence-electron chi connectivity index (χ2n) is 3.12. The van der Waals surface area contributed by atoms with E-state index in [4.69, 9.17) is 4.52 Å². The van der Waals surface area contributed by atoms with Gasteiger partial charge in [0.2, 0.25) is 7.37 Å². The lowest BCUT2D eigenvalue weighted by molar-refractivity contribution is 0.294. The van der Waals surface area contributed by atoms with Gasteiger partial charge in [0, 0.05) is 11.6 Å². The van der Waals surface area contributed by atoms with Crippen LogP contribution in [0.1, 0.15) is 20.8 Å². The third kappa shape index (κ3) is 5.21. The maximum atomic E-state index is 12.0. The van der Waals surface area contributed by atoms with E-state index in [1.54, 1.807) is 29.9 Å². The van der Waals surface area contributed by atoms with Crippen LogP contribution in [-0.4, -0.2) is 6.61 Å². The molecule has 0 aromatic rings. The molecule has 0 saturated heterocycles. The molecule has 0 aliphatic heterocycles. The van der Waals surface area contributed by atoms with Gasteiger partial charge in [-0.15, -0.1) is 6.58 Å². The van der Waals surface area contributed by atoms with Gasteiger partial charge >= 0.3 is 0 Å². The summed E-state index contributed by atoms with van der Waals surface area (Å²) in [6.45, 7) is 9.72. The Kier molecular flexibility index (Phi) is 6.52. The van der Waals surface area contributed by atoms with Crippen LogP contribution in [0, 0.1) is 5.92 Å². The highest BCUT2D eigenvalue weighted by Gasteiger charge is 2.14. The Hall–Kier alpha value is -0.590. The van der Waals surface area contributed by atoms with Gasteiger partial charge in [0.05, 0.1) is 6.61 Å². The van der Waals surface area contributed by atoms with Crippen LogP contribution in [0.25, 0.3) is 0 Å². The number of allylic oxidation sites excluding steroid dienone is 2. The second-order valence-corrected chi connectivity index (χ2v) is 5.26. The van der Waals surface area contributed by atoms with Gasteiger partial charge < -0.3 is 4.52 Å². The van der Waals surface area contributed by atoms with Crippen LogP contribution in [0.4, 0.5) is 0 Å². The second kappa shape index (κ2) is 6.80. The fraction of sp³-hybridized carbons (Fsp3) is 0.455.